The Labute approximate surface area is 192 Å². The molecule has 0 fully saturated rings. The van der Waals surface area contributed by atoms with E-state index in [9.17, 15) is 4.79 Å². The lowest BCUT2D eigenvalue weighted by Gasteiger charge is -2.11. The van der Waals surface area contributed by atoms with E-state index in [1.165, 1.54) is 22.9 Å². The molecule has 31 heavy (non-hydrogen) atoms. The van der Waals surface area contributed by atoms with E-state index in [1.807, 2.05) is 36.9 Å². The highest BCUT2D eigenvalue weighted by atomic mass is 32.2. The van der Waals surface area contributed by atoms with Crippen LogP contribution in [0.3, 0.4) is 0 Å². The third kappa shape index (κ3) is 6.51. The standard InChI is InChI=1S/C23H28N4O2S2/c1-5-27-21(14-30-13-18-9-6-16(2)7-10-18)25-26-23(27)31-15-22(28)24-19-12-17(3)8-11-20(19)29-4/h6-12H,5,13-15H2,1-4H3,(H,24,28). The number of methoxy groups -OCH3 is 1. The fraction of sp³-hybridized carbons (Fsp3) is 0.348. The summed E-state index contributed by atoms with van der Waals surface area (Å²) in [6.07, 6.45) is 0. The van der Waals surface area contributed by atoms with Gasteiger partial charge in [0, 0.05) is 12.3 Å². The molecule has 0 atom stereocenters. The van der Waals surface area contributed by atoms with Crippen molar-refractivity contribution < 1.29 is 9.53 Å². The molecule has 3 rings (SSSR count). The van der Waals surface area contributed by atoms with E-state index >= 15 is 0 Å². The van der Waals surface area contributed by atoms with Gasteiger partial charge in [-0.1, -0.05) is 47.7 Å². The maximum Gasteiger partial charge on any atom is 0.234 e. The van der Waals surface area contributed by atoms with E-state index in [1.54, 1.807) is 7.11 Å². The van der Waals surface area contributed by atoms with Crippen LogP contribution in [0.2, 0.25) is 0 Å². The van der Waals surface area contributed by atoms with Crippen molar-refractivity contribution in [2.45, 2.75) is 44.0 Å². The quantitative estimate of drug-likeness (QED) is 0.429. The van der Waals surface area contributed by atoms with Crippen LogP contribution in [0.15, 0.2) is 47.6 Å². The van der Waals surface area contributed by atoms with E-state index in [-0.39, 0.29) is 11.7 Å². The van der Waals surface area contributed by atoms with Crippen LogP contribution in [-0.2, 0) is 22.8 Å². The van der Waals surface area contributed by atoms with Crippen LogP contribution >= 0.6 is 23.5 Å². The number of hydrogen-bond acceptors (Lipinski definition) is 6. The summed E-state index contributed by atoms with van der Waals surface area (Å²) < 4.78 is 7.41. The maximum absolute atomic E-state index is 12.5. The van der Waals surface area contributed by atoms with Crippen LogP contribution in [0, 0.1) is 13.8 Å². The molecule has 164 valence electrons. The van der Waals surface area contributed by atoms with E-state index in [4.69, 9.17) is 4.74 Å². The van der Waals surface area contributed by atoms with E-state index in [0.29, 0.717) is 11.4 Å². The van der Waals surface area contributed by atoms with Crippen molar-refractivity contribution in [2.24, 2.45) is 0 Å². The van der Waals surface area contributed by atoms with E-state index in [2.05, 4.69) is 58.2 Å². The number of nitrogens with one attached hydrogen (secondary N) is 1. The Morgan fingerprint density at radius 2 is 1.81 bits per heavy atom. The lowest BCUT2D eigenvalue weighted by atomic mass is 10.2. The van der Waals surface area contributed by atoms with Crippen molar-refractivity contribution in [1.29, 1.82) is 0 Å². The summed E-state index contributed by atoms with van der Waals surface area (Å²) >= 11 is 3.21. The van der Waals surface area contributed by atoms with Gasteiger partial charge in [0.2, 0.25) is 5.91 Å². The molecule has 0 saturated carbocycles. The van der Waals surface area contributed by atoms with Crippen LogP contribution in [0.25, 0.3) is 0 Å². The van der Waals surface area contributed by atoms with Crippen molar-refractivity contribution in [3.8, 4) is 5.75 Å². The summed E-state index contributed by atoms with van der Waals surface area (Å²) in [5, 5.41) is 12.4. The number of aryl methyl sites for hydroxylation is 2. The highest BCUT2D eigenvalue weighted by Crippen LogP contribution is 2.26. The topological polar surface area (TPSA) is 69.0 Å². The zero-order valence-corrected chi connectivity index (χ0v) is 20.0. The number of ether oxygens (including phenoxy) is 1. The van der Waals surface area contributed by atoms with Gasteiger partial charge < -0.3 is 14.6 Å². The average molecular weight is 457 g/mol. The molecule has 0 aliphatic rings. The fourth-order valence-electron chi connectivity index (χ4n) is 3.03. The molecule has 0 aliphatic carbocycles. The number of aromatic nitrogens is 3. The third-order valence-electron chi connectivity index (χ3n) is 4.69. The number of nitrogens with zero attached hydrogens (tertiary/aromatic N) is 3. The van der Waals surface area contributed by atoms with Gasteiger partial charge in [-0.05, 0) is 44.0 Å². The average Bonchev–Trinajstić information content (AvgIpc) is 3.15. The fourth-order valence-corrected chi connectivity index (χ4v) is 4.78. The second-order valence-electron chi connectivity index (χ2n) is 7.16. The Morgan fingerprint density at radius 3 is 2.52 bits per heavy atom. The number of amides is 1. The van der Waals surface area contributed by atoms with Crippen molar-refractivity contribution in [1.82, 2.24) is 14.8 Å². The molecule has 0 spiro atoms. The third-order valence-corrected chi connectivity index (χ3v) is 6.66. The molecule has 3 aromatic rings. The lowest BCUT2D eigenvalue weighted by Crippen LogP contribution is -2.15. The Kier molecular flexibility index (Phi) is 8.43. The molecule has 0 bridgehead atoms. The van der Waals surface area contributed by atoms with Gasteiger partial charge in [-0.2, -0.15) is 0 Å². The predicted octanol–water partition coefficient (Wildman–Crippen LogP) is 5.09. The summed E-state index contributed by atoms with van der Waals surface area (Å²) in [5.74, 6) is 3.44. The van der Waals surface area contributed by atoms with Gasteiger partial charge in [0.1, 0.15) is 11.6 Å². The number of rotatable bonds is 10. The van der Waals surface area contributed by atoms with Crippen LogP contribution in [0.1, 0.15) is 29.4 Å². The molecule has 6 nitrogen and oxygen atoms in total. The minimum absolute atomic E-state index is 0.102. The second kappa shape index (κ2) is 11.2. The molecular formula is C23H28N4O2S2. The molecule has 0 radical (unpaired) electrons. The SMILES string of the molecule is CCn1c(CSCc2ccc(C)cc2)nnc1SCC(=O)Nc1cc(C)ccc1OC. The normalized spacial score (nSPS) is 10.8. The Balaban J connectivity index is 1.54. The molecule has 8 heteroatoms. The molecule has 1 N–H and O–H groups in total. The van der Waals surface area contributed by atoms with Crippen molar-refractivity contribution in [2.75, 3.05) is 18.2 Å². The zero-order valence-electron chi connectivity index (χ0n) is 18.3. The van der Waals surface area contributed by atoms with Gasteiger partial charge in [-0.3, -0.25) is 4.79 Å². The van der Waals surface area contributed by atoms with Gasteiger partial charge in [0.05, 0.1) is 24.3 Å². The van der Waals surface area contributed by atoms with Gasteiger partial charge in [-0.25, -0.2) is 0 Å². The molecular weight excluding hydrogens is 428 g/mol. The number of carbonyl (C=O) groups is 1. The first-order chi connectivity index (χ1) is 15.0. The molecule has 1 amide bonds. The van der Waals surface area contributed by atoms with Crippen LogP contribution in [0.4, 0.5) is 5.69 Å². The van der Waals surface area contributed by atoms with Crippen molar-refractivity contribution in [3.63, 3.8) is 0 Å². The summed E-state index contributed by atoms with van der Waals surface area (Å²) in [6, 6.07) is 14.3. The number of benzene rings is 2. The largest absolute Gasteiger partial charge is 0.495 e. The molecule has 0 unspecified atom stereocenters. The number of thioether (sulfide) groups is 2. The molecule has 0 saturated heterocycles. The monoisotopic (exact) mass is 456 g/mol. The molecule has 2 aromatic carbocycles. The first kappa shape index (κ1) is 23.2. The minimum atomic E-state index is -0.102. The van der Waals surface area contributed by atoms with Gasteiger partial charge in [0.25, 0.3) is 0 Å². The van der Waals surface area contributed by atoms with Crippen LogP contribution in [0.5, 0.6) is 5.75 Å². The van der Waals surface area contributed by atoms with E-state index < -0.39 is 0 Å². The lowest BCUT2D eigenvalue weighted by molar-refractivity contribution is -0.113. The van der Waals surface area contributed by atoms with Gasteiger partial charge >= 0.3 is 0 Å². The second-order valence-corrected chi connectivity index (χ2v) is 9.09. The number of carbonyl (C=O) groups excluding carboxylic acids is 1. The first-order valence-electron chi connectivity index (χ1n) is 10.1. The maximum atomic E-state index is 12.5. The van der Waals surface area contributed by atoms with Crippen molar-refractivity contribution >= 4 is 35.1 Å². The number of hydrogen-bond donors (Lipinski definition) is 1. The van der Waals surface area contributed by atoms with Gasteiger partial charge in [0.15, 0.2) is 5.16 Å². The molecule has 0 aliphatic heterocycles. The Hall–Kier alpha value is -2.45. The smallest absolute Gasteiger partial charge is 0.234 e. The van der Waals surface area contributed by atoms with E-state index in [0.717, 1.165) is 34.6 Å². The first-order valence-corrected chi connectivity index (χ1v) is 12.3. The minimum Gasteiger partial charge on any atom is -0.495 e. The Bertz CT molecular complexity index is 1020. The highest BCUT2D eigenvalue weighted by Gasteiger charge is 2.14. The van der Waals surface area contributed by atoms with Crippen LogP contribution < -0.4 is 10.1 Å². The summed E-state index contributed by atoms with van der Waals surface area (Å²) in [5.41, 5.74) is 4.31. The highest BCUT2D eigenvalue weighted by molar-refractivity contribution is 7.99. The number of anilines is 1. The summed E-state index contributed by atoms with van der Waals surface area (Å²) in [7, 11) is 1.59. The van der Waals surface area contributed by atoms with Gasteiger partial charge in [-0.15, -0.1) is 22.0 Å². The predicted molar refractivity (Wildman–Crippen MR) is 129 cm³/mol. The summed E-state index contributed by atoms with van der Waals surface area (Å²) in [4.78, 5) is 12.5. The molecule has 1 heterocycles. The van der Waals surface area contributed by atoms with Crippen molar-refractivity contribution in [3.05, 3.63) is 65.0 Å². The summed E-state index contributed by atoms with van der Waals surface area (Å²) in [6.45, 7) is 6.91. The zero-order chi connectivity index (χ0) is 22.2. The Morgan fingerprint density at radius 1 is 1.06 bits per heavy atom. The molecule has 1 aromatic heterocycles. The van der Waals surface area contributed by atoms with Crippen LogP contribution in [-0.4, -0.2) is 33.5 Å².